The first-order chi connectivity index (χ1) is 12.8. The van der Waals surface area contributed by atoms with Crippen molar-refractivity contribution in [1.82, 2.24) is 5.32 Å². The zero-order valence-corrected chi connectivity index (χ0v) is 14.5. The SMILES string of the molecule is CC1=C(C#N)C(=O)NC(=O)/C1=C\c1ccc(-c2ccc(Cl)c([N+](=O)[O-])c2)o1. The molecule has 0 aliphatic carbocycles. The summed E-state index contributed by atoms with van der Waals surface area (Å²) in [5.41, 5.74) is 0.388. The first-order valence-electron chi connectivity index (χ1n) is 7.54. The van der Waals surface area contributed by atoms with Gasteiger partial charge in [-0.2, -0.15) is 5.26 Å². The van der Waals surface area contributed by atoms with Gasteiger partial charge in [-0.3, -0.25) is 25.0 Å². The number of nitro benzene ring substituents is 1. The molecule has 1 N–H and O–H groups in total. The van der Waals surface area contributed by atoms with Crippen LogP contribution in [-0.2, 0) is 9.59 Å². The van der Waals surface area contributed by atoms with Crippen LogP contribution in [0.1, 0.15) is 12.7 Å². The summed E-state index contributed by atoms with van der Waals surface area (Å²) in [6.45, 7) is 1.49. The van der Waals surface area contributed by atoms with Gasteiger partial charge >= 0.3 is 0 Å². The Balaban J connectivity index is 2.01. The van der Waals surface area contributed by atoms with Crippen LogP contribution in [0.15, 0.2) is 51.5 Å². The molecule has 2 heterocycles. The van der Waals surface area contributed by atoms with Crippen LogP contribution in [0.2, 0.25) is 5.02 Å². The molecule has 1 aliphatic heterocycles. The molecule has 0 saturated carbocycles. The Kier molecular flexibility index (Phi) is 4.62. The molecule has 1 aromatic heterocycles. The number of carbonyl (C=O) groups is 2. The number of benzene rings is 1. The maximum absolute atomic E-state index is 12.0. The van der Waals surface area contributed by atoms with Crippen molar-refractivity contribution in [2.24, 2.45) is 0 Å². The summed E-state index contributed by atoms with van der Waals surface area (Å²) < 4.78 is 5.63. The molecule has 9 heteroatoms. The molecule has 8 nitrogen and oxygen atoms in total. The van der Waals surface area contributed by atoms with Gasteiger partial charge in [0.15, 0.2) is 0 Å². The predicted molar refractivity (Wildman–Crippen MR) is 95.2 cm³/mol. The lowest BCUT2D eigenvalue weighted by Gasteiger charge is -2.15. The monoisotopic (exact) mass is 383 g/mol. The van der Waals surface area contributed by atoms with Gasteiger partial charge in [0.2, 0.25) is 0 Å². The van der Waals surface area contributed by atoms with E-state index in [9.17, 15) is 19.7 Å². The molecule has 2 amide bonds. The average Bonchev–Trinajstić information content (AvgIpc) is 3.07. The molecule has 0 saturated heterocycles. The van der Waals surface area contributed by atoms with E-state index in [-0.39, 0.29) is 33.2 Å². The minimum atomic E-state index is -0.745. The Morgan fingerprint density at radius 3 is 2.67 bits per heavy atom. The normalized spacial score (nSPS) is 15.7. The molecule has 0 radical (unpaired) electrons. The second-order valence-electron chi connectivity index (χ2n) is 5.58. The Morgan fingerprint density at radius 1 is 1.26 bits per heavy atom. The fourth-order valence-corrected chi connectivity index (χ4v) is 2.74. The molecule has 0 fully saturated rings. The number of hydrogen-bond donors (Lipinski definition) is 1. The summed E-state index contributed by atoms with van der Waals surface area (Å²) in [6.07, 6.45) is 1.39. The summed E-state index contributed by atoms with van der Waals surface area (Å²) >= 11 is 5.80. The molecule has 2 aromatic rings. The third-order valence-corrected chi connectivity index (χ3v) is 4.25. The smallest absolute Gasteiger partial charge is 0.288 e. The van der Waals surface area contributed by atoms with Crippen LogP contribution in [0.4, 0.5) is 5.69 Å². The van der Waals surface area contributed by atoms with Crippen molar-refractivity contribution >= 4 is 35.2 Å². The van der Waals surface area contributed by atoms with E-state index in [4.69, 9.17) is 21.3 Å². The third-order valence-electron chi connectivity index (χ3n) is 3.93. The summed E-state index contributed by atoms with van der Waals surface area (Å²) in [5.74, 6) is -0.780. The fraction of sp³-hybridized carbons (Fsp3) is 0.0556. The lowest BCUT2D eigenvalue weighted by atomic mass is 9.96. The van der Waals surface area contributed by atoms with Gasteiger partial charge in [0.25, 0.3) is 17.5 Å². The molecule has 3 rings (SSSR count). The van der Waals surface area contributed by atoms with Crippen molar-refractivity contribution < 1.29 is 18.9 Å². The van der Waals surface area contributed by atoms with Gasteiger partial charge in [-0.1, -0.05) is 11.6 Å². The second kappa shape index (κ2) is 6.90. The zero-order chi connectivity index (χ0) is 19.7. The molecule has 0 atom stereocenters. The van der Waals surface area contributed by atoms with E-state index < -0.39 is 16.7 Å². The Hall–Kier alpha value is -3.70. The number of halogens is 1. The molecule has 1 aliphatic rings. The molecule has 0 unspecified atom stereocenters. The minimum Gasteiger partial charge on any atom is -0.457 e. The van der Waals surface area contributed by atoms with Crippen LogP contribution in [0, 0.1) is 21.4 Å². The highest BCUT2D eigenvalue weighted by molar-refractivity contribution is 6.32. The van der Waals surface area contributed by atoms with E-state index in [2.05, 4.69) is 5.32 Å². The Morgan fingerprint density at radius 2 is 2.00 bits per heavy atom. The average molecular weight is 384 g/mol. The van der Waals surface area contributed by atoms with Crippen molar-refractivity contribution in [3.8, 4) is 17.4 Å². The highest BCUT2D eigenvalue weighted by Crippen LogP contribution is 2.32. The molecule has 1 aromatic carbocycles. The van der Waals surface area contributed by atoms with Gasteiger partial charge in [0.05, 0.1) is 4.92 Å². The van der Waals surface area contributed by atoms with E-state index in [0.717, 1.165) is 0 Å². The number of nitro groups is 1. The minimum absolute atomic E-state index is 0.00554. The van der Waals surface area contributed by atoms with E-state index in [1.807, 2.05) is 0 Å². The molecular formula is C18H10ClN3O5. The topological polar surface area (TPSA) is 126 Å². The number of rotatable bonds is 3. The van der Waals surface area contributed by atoms with Crippen LogP contribution in [0.3, 0.4) is 0 Å². The van der Waals surface area contributed by atoms with Crippen molar-refractivity contribution in [2.75, 3.05) is 0 Å². The fourth-order valence-electron chi connectivity index (χ4n) is 2.55. The standard InChI is InChI=1S/C18H10ClN3O5/c1-9-12(17(23)21-18(24)13(9)8-20)7-11-3-5-16(27-11)10-2-4-14(19)15(6-10)22(25)26/h2-7H,1H3,(H,21,23,24)/b12-7-. The number of hydrogen-bond acceptors (Lipinski definition) is 6. The van der Waals surface area contributed by atoms with Gasteiger partial charge in [-0.05, 0) is 42.8 Å². The number of furan rings is 1. The highest BCUT2D eigenvalue weighted by Gasteiger charge is 2.27. The number of nitrogens with zero attached hydrogens (tertiary/aromatic N) is 2. The van der Waals surface area contributed by atoms with Crippen molar-refractivity contribution in [3.05, 3.63) is 67.9 Å². The maximum Gasteiger partial charge on any atom is 0.288 e. The maximum atomic E-state index is 12.0. The highest BCUT2D eigenvalue weighted by atomic mass is 35.5. The van der Waals surface area contributed by atoms with Gasteiger partial charge in [-0.25, -0.2) is 0 Å². The summed E-state index contributed by atoms with van der Waals surface area (Å²) in [6, 6.07) is 9.14. The molecule has 134 valence electrons. The quantitative estimate of drug-likeness (QED) is 0.374. The van der Waals surface area contributed by atoms with Crippen LogP contribution in [0.5, 0.6) is 0 Å². The molecule has 0 spiro atoms. The van der Waals surface area contributed by atoms with Gasteiger partial charge in [0.1, 0.15) is 28.2 Å². The van der Waals surface area contributed by atoms with Crippen LogP contribution in [0.25, 0.3) is 17.4 Å². The summed E-state index contributed by atoms with van der Waals surface area (Å²) in [4.78, 5) is 34.1. The zero-order valence-electron chi connectivity index (χ0n) is 13.8. The van der Waals surface area contributed by atoms with E-state index in [0.29, 0.717) is 11.3 Å². The van der Waals surface area contributed by atoms with Crippen molar-refractivity contribution in [1.29, 1.82) is 5.26 Å². The van der Waals surface area contributed by atoms with Crippen molar-refractivity contribution in [3.63, 3.8) is 0 Å². The number of amides is 2. The van der Waals surface area contributed by atoms with Crippen LogP contribution in [-0.4, -0.2) is 16.7 Å². The number of nitrogens with one attached hydrogen (secondary N) is 1. The Bertz CT molecular complexity index is 1100. The molecule has 27 heavy (non-hydrogen) atoms. The number of carbonyl (C=O) groups excluding carboxylic acids is 2. The van der Waals surface area contributed by atoms with Crippen LogP contribution >= 0.6 is 11.6 Å². The van der Waals surface area contributed by atoms with E-state index in [1.165, 1.54) is 25.1 Å². The summed E-state index contributed by atoms with van der Waals surface area (Å²) in [7, 11) is 0. The summed E-state index contributed by atoms with van der Waals surface area (Å²) in [5, 5.41) is 22.2. The van der Waals surface area contributed by atoms with E-state index >= 15 is 0 Å². The number of nitriles is 1. The number of imide groups is 1. The first-order valence-corrected chi connectivity index (χ1v) is 7.92. The van der Waals surface area contributed by atoms with Gasteiger partial charge in [-0.15, -0.1) is 0 Å². The lowest BCUT2D eigenvalue weighted by Crippen LogP contribution is -2.37. The second-order valence-corrected chi connectivity index (χ2v) is 5.99. The predicted octanol–water partition coefficient (Wildman–Crippen LogP) is 3.39. The van der Waals surface area contributed by atoms with Gasteiger partial charge in [0, 0.05) is 17.2 Å². The van der Waals surface area contributed by atoms with E-state index in [1.54, 1.807) is 24.3 Å². The third kappa shape index (κ3) is 3.36. The largest absolute Gasteiger partial charge is 0.457 e. The first kappa shape index (κ1) is 18.1. The van der Waals surface area contributed by atoms with Crippen LogP contribution < -0.4 is 5.32 Å². The van der Waals surface area contributed by atoms with Gasteiger partial charge < -0.3 is 4.42 Å². The lowest BCUT2D eigenvalue weighted by molar-refractivity contribution is -0.384. The Labute approximate surface area is 157 Å². The molecule has 0 bridgehead atoms. The van der Waals surface area contributed by atoms with Crippen molar-refractivity contribution in [2.45, 2.75) is 6.92 Å². The molecular weight excluding hydrogens is 374 g/mol.